The Hall–Kier alpha value is -3.83. The molecule has 5 rings (SSSR count). The normalized spacial score (nSPS) is 11.2. The van der Waals surface area contributed by atoms with Gasteiger partial charge >= 0.3 is 5.97 Å². The van der Waals surface area contributed by atoms with Crippen LogP contribution < -0.4 is 0 Å². The van der Waals surface area contributed by atoms with Gasteiger partial charge in [-0.1, -0.05) is 41.9 Å². The van der Waals surface area contributed by atoms with E-state index >= 15 is 0 Å². The first-order valence-corrected chi connectivity index (χ1v) is 10.7. The molecule has 0 aliphatic heterocycles. The molecule has 0 saturated heterocycles. The van der Waals surface area contributed by atoms with E-state index in [0.717, 1.165) is 27.7 Å². The number of nitrogens with zero attached hydrogens (tertiary/aromatic N) is 1. The number of benzene rings is 4. The summed E-state index contributed by atoms with van der Waals surface area (Å²) in [5.74, 6) is -0.781. The minimum atomic E-state index is -0.494. The number of rotatable bonds is 4. The molecule has 0 atom stereocenters. The third-order valence-electron chi connectivity index (χ3n) is 5.78. The summed E-state index contributed by atoms with van der Waals surface area (Å²) in [5.41, 5.74) is 4.24. The minimum Gasteiger partial charge on any atom is -0.507 e. The van der Waals surface area contributed by atoms with Crippen molar-refractivity contribution in [1.82, 2.24) is 4.57 Å². The lowest BCUT2D eigenvalue weighted by Gasteiger charge is -2.10. The number of aromatic nitrogens is 1. The van der Waals surface area contributed by atoms with Gasteiger partial charge in [0.1, 0.15) is 11.6 Å². The number of aromatic hydroxyl groups is 1. The second-order valence-corrected chi connectivity index (χ2v) is 8.24. The van der Waals surface area contributed by atoms with Gasteiger partial charge in [-0.05, 0) is 65.2 Å². The predicted molar refractivity (Wildman–Crippen MR) is 128 cm³/mol. The fourth-order valence-electron chi connectivity index (χ4n) is 4.32. The molecule has 6 heteroatoms. The number of methoxy groups -OCH3 is 1. The standard InChI is InChI=1S/C27H19ClFNO3/c1-33-27(32)21-6-3-7-22-25(21)26-23(30(22)15-16-4-2-5-20(29)12-16)13-18(14-24(26)31)17-8-10-19(28)11-9-17/h2-14,31H,15H2,1H3. The Kier molecular flexibility index (Phi) is 5.27. The van der Waals surface area contributed by atoms with Crippen LogP contribution in [-0.4, -0.2) is 22.8 Å². The van der Waals surface area contributed by atoms with Crippen molar-refractivity contribution >= 4 is 39.4 Å². The monoisotopic (exact) mass is 459 g/mol. The molecular formula is C27H19ClFNO3. The van der Waals surface area contributed by atoms with Gasteiger partial charge in [0, 0.05) is 17.0 Å². The van der Waals surface area contributed by atoms with Crippen molar-refractivity contribution in [3.8, 4) is 16.9 Å². The molecule has 0 saturated carbocycles. The number of carbonyl (C=O) groups is 1. The van der Waals surface area contributed by atoms with Crippen LogP contribution in [0, 0.1) is 5.82 Å². The molecule has 0 amide bonds. The zero-order chi connectivity index (χ0) is 23.1. The zero-order valence-electron chi connectivity index (χ0n) is 17.7. The average molecular weight is 460 g/mol. The largest absolute Gasteiger partial charge is 0.507 e. The summed E-state index contributed by atoms with van der Waals surface area (Å²) in [4.78, 5) is 12.5. The maximum Gasteiger partial charge on any atom is 0.338 e. The molecule has 4 aromatic carbocycles. The van der Waals surface area contributed by atoms with Crippen LogP contribution in [0.5, 0.6) is 5.75 Å². The zero-order valence-corrected chi connectivity index (χ0v) is 18.4. The van der Waals surface area contributed by atoms with E-state index in [0.29, 0.717) is 27.9 Å². The number of hydrogen-bond donors (Lipinski definition) is 1. The van der Waals surface area contributed by atoms with Gasteiger partial charge in [0.05, 0.1) is 29.1 Å². The van der Waals surface area contributed by atoms with Crippen molar-refractivity contribution in [1.29, 1.82) is 0 Å². The Balaban J connectivity index is 1.84. The second kappa shape index (κ2) is 8.26. The van der Waals surface area contributed by atoms with Crippen molar-refractivity contribution in [3.05, 3.63) is 101 Å². The number of fused-ring (bicyclic) bond motifs is 3. The van der Waals surface area contributed by atoms with Crippen LogP contribution in [0.25, 0.3) is 32.9 Å². The van der Waals surface area contributed by atoms with Crippen molar-refractivity contribution in [2.75, 3.05) is 7.11 Å². The van der Waals surface area contributed by atoms with Crippen LogP contribution in [-0.2, 0) is 11.3 Å². The SMILES string of the molecule is COC(=O)c1cccc2c1c1c(O)cc(-c3ccc(Cl)cc3)cc1n2Cc1cccc(F)c1. The molecule has 0 aliphatic rings. The van der Waals surface area contributed by atoms with Crippen LogP contribution in [0.15, 0.2) is 78.9 Å². The highest BCUT2D eigenvalue weighted by Gasteiger charge is 2.21. The number of hydrogen-bond acceptors (Lipinski definition) is 3. The van der Waals surface area contributed by atoms with Gasteiger partial charge in [0.15, 0.2) is 0 Å². The van der Waals surface area contributed by atoms with E-state index in [1.165, 1.54) is 19.2 Å². The van der Waals surface area contributed by atoms with E-state index in [-0.39, 0.29) is 11.6 Å². The Morgan fingerprint density at radius 3 is 2.42 bits per heavy atom. The van der Waals surface area contributed by atoms with Crippen LogP contribution in [0.1, 0.15) is 15.9 Å². The number of phenolic OH excluding ortho intramolecular Hbond substituents is 1. The summed E-state index contributed by atoms with van der Waals surface area (Å²) in [6, 6.07) is 22.7. The topological polar surface area (TPSA) is 51.5 Å². The molecule has 1 N–H and O–H groups in total. The van der Waals surface area contributed by atoms with Gasteiger partial charge in [-0.25, -0.2) is 9.18 Å². The predicted octanol–water partition coefficient (Wildman–Crippen LogP) is 6.79. The quantitative estimate of drug-likeness (QED) is 0.301. The molecule has 1 heterocycles. The molecule has 4 nitrogen and oxygen atoms in total. The van der Waals surface area contributed by atoms with Gasteiger partial charge in [0.2, 0.25) is 0 Å². The third-order valence-corrected chi connectivity index (χ3v) is 6.04. The van der Waals surface area contributed by atoms with Gasteiger partial charge < -0.3 is 14.4 Å². The summed E-state index contributed by atoms with van der Waals surface area (Å²) in [7, 11) is 1.32. The molecule has 164 valence electrons. The summed E-state index contributed by atoms with van der Waals surface area (Å²) in [5, 5.41) is 12.9. The lowest BCUT2D eigenvalue weighted by Crippen LogP contribution is -2.03. The van der Waals surface area contributed by atoms with Crippen LogP contribution >= 0.6 is 11.6 Å². The minimum absolute atomic E-state index is 0.0387. The first-order chi connectivity index (χ1) is 16.0. The van der Waals surface area contributed by atoms with Crippen molar-refractivity contribution in [2.45, 2.75) is 6.54 Å². The van der Waals surface area contributed by atoms with Gasteiger partial charge in [-0.15, -0.1) is 0 Å². The Labute approximate surface area is 194 Å². The number of ether oxygens (including phenoxy) is 1. The fourth-order valence-corrected chi connectivity index (χ4v) is 4.44. The van der Waals surface area contributed by atoms with E-state index in [1.807, 2.05) is 34.9 Å². The molecule has 0 bridgehead atoms. The second-order valence-electron chi connectivity index (χ2n) is 7.80. The van der Waals surface area contributed by atoms with Crippen LogP contribution in [0.2, 0.25) is 5.02 Å². The number of phenols is 1. The Bertz CT molecular complexity index is 1520. The number of carbonyl (C=O) groups excluding carboxylic acids is 1. The number of esters is 1. The summed E-state index contributed by atoms with van der Waals surface area (Å²) in [6.45, 7) is 0.353. The Morgan fingerprint density at radius 1 is 0.939 bits per heavy atom. The lowest BCUT2D eigenvalue weighted by molar-refractivity contribution is 0.0603. The summed E-state index contributed by atoms with van der Waals surface area (Å²) >= 11 is 6.04. The van der Waals surface area contributed by atoms with E-state index in [4.69, 9.17) is 16.3 Å². The molecule has 33 heavy (non-hydrogen) atoms. The molecule has 0 spiro atoms. The van der Waals surface area contributed by atoms with Crippen molar-refractivity contribution in [2.24, 2.45) is 0 Å². The van der Waals surface area contributed by atoms with E-state index in [9.17, 15) is 14.3 Å². The van der Waals surface area contributed by atoms with Crippen LogP contribution in [0.4, 0.5) is 4.39 Å². The Morgan fingerprint density at radius 2 is 1.70 bits per heavy atom. The first kappa shape index (κ1) is 21.0. The first-order valence-electron chi connectivity index (χ1n) is 10.3. The lowest BCUT2D eigenvalue weighted by atomic mass is 10.0. The summed E-state index contributed by atoms with van der Waals surface area (Å²) in [6.07, 6.45) is 0. The van der Waals surface area contributed by atoms with E-state index in [1.54, 1.807) is 36.4 Å². The highest BCUT2D eigenvalue weighted by atomic mass is 35.5. The highest BCUT2D eigenvalue weighted by molar-refractivity contribution is 6.30. The third kappa shape index (κ3) is 3.70. The average Bonchev–Trinajstić information content (AvgIpc) is 3.13. The van der Waals surface area contributed by atoms with E-state index < -0.39 is 5.97 Å². The van der Waals surface area contributed by atoms with Crippen molar-refractivity contribution in [3.63, 3.8) is 0 Å². The van der Waals surface area contributed by atoms with E-state index in [2.05, 4.69) is 0 Å². The van der Waals surface area contributed by atoms with Crippen molar-refractivity contribution < 1.29 is 19.0 Å². The summed E-state index contributed by atoms with van der Waals surface area (Å²) < 4.78 is 20.9. The molecule has 0 unspecified atom stereocenters. The maximum atomic E-state index is 13.9. The fraction of sp³-hybridized carbons (Fsp3) is 0.0741. The molecule has 0 aliphatic carbocycles. The molecular weight excluding hydrogens is 441 g/mol. The van der Waals surface area contributed by atoms with Crippen LogP contribution in [0.3, 0.4) is 0 Å². The molecule has 0 radical (unpaired) electrons. The smallest absolute Gasteiger partial charge is 0.338 e. The highest BCUT2D eigenvalue weighted by Crippen LogP contribution is 2.41. The van der Waals surface area contributed by atoms with Gasteiger partial charge in [-0.3, -0.25) is 0 Å². The van der Waals surface area contributed by atoms with Gasteiger partial charge in [0.25, 0.3) is 0 Å². The number of halogens is 2. The molecule has 1 aromatic heterocycles. The van der Waals surface area contributed by atoms with Gasteiger partial charge in [-0.2, -0.15) is 0 Å². The maximum absolute atomic E-state index is 13.9. The molecule has 0 fully saturated rings. The molecule has 5 aromatic rings.